The summed E-state index contributed by atoms with van der Waals surface area (Å²) in [6.45, 7) is 1.79. The molecule has 0 spiro atoms. The summed E-state index contributed by atoms with van der Waals surface area (Å²) < 4.78 is 25.0. The Hall–Kier alpha value is -1.86. The van der Waals surface area contributed by atoms with E-state index in [2.05, 4.69) is 10.0 Å². The number of carbonyl (C=O) groups excluding carboxylic acids is 1. The number of amides is 1. The van der Waals surface area contributed by atoms with Crippen molar-refractivity contribution in [1.82, 2.24) is 0 Å². The smallest absolute Gasteiger partial charge is 0.265 e. The SMILES string of the molecule is Cc1ccc(NC(=O)c2cccs2)cc1NS(C)(=O)=O. The largest absolute Gasteiger partial charge is 0.321 e. The molecule has 0 bridgehead atoms. The summed E-state index contributed by atoms with van der Waals surface area (Å²) >= 11 is 1.34. The zero-order valence-corrected chi connectivity index (χ0v) is 12.6. The summed E-state index contributed by atoms with van der Waals surface area (Å²) in [5.74, 6) is -0.214. The van der Waals surface area contributed by atoms with Crippen molar-refractivity contribution in [2.24, 2.45) is 0 Å². The van der Waals surface area contributed by atoms with Gasteiger partial charge in [0.05, 0.1) is 16.8 Å². The first kappa shape index (κ1) is 14.5. The van der Waals surface area contributed by atoms with Gasteiger partial charge in [-0.25, -0.2) is 8.42 Å². The maximum Gasteiger partial charge on any atom is 0.265 e. The molecule has 20 heavy (non-hydrogen) atoms. The molecule has 2 aromatic rings. The number of hydrogen-bond acceptors (Lipinski definition) is 4. The molecule has 0 atom stereocenters. The Kier molecular flexibility index (Phi) is 4.10. The molecule has 5 nitrogen and oxygen atoms in total. The van der Waals surface area contributed by atoms with Crippen LogP contribution in [-0.2, 0) is 10.0 Å². The van der Waals surface area contributed by atoms with E-state index in [4.69, 9.17) is 0 Å². The average molecular weight is 310 g/mol. The van der Waals surface area contributed by atoms with Crippen molar-refractivity contribution in [2.45, 2.75) is 6.92 Å². The third kappa shape index (κ3) is 3.82. The first-order valence-electron chi connectivity index (χ1n) is 5.78. The molecule has 2 N–H and O–H groups in total. The Balaban J connectivity index is 2.21. The van der Waals surface area contributed by atoms with Gasteiger partial charge in [-0.1, -0.05) is 12.1 Å². The first-order valence-corrected chi connectivity index (χ1v) is 8.55. The normalized spacial score (nSPS) is 11.1. The summed E-state index contributed by atoms with van der Waals surface area (Å²) in [5, 5.41) is 4.55. The maximum absolute atomic E-state index is 11.9. The Morgan fingerprint density at radius 1 is 1.25 bits per heavy atom. The molecule has 7 heteroatoms. The highest BCUT2D eigenvalue weighted by Crippen LogP contribution is 2.22. The Morgan fingerprint density at radius 3 is 2.60 bits per heavy atom. The van der Waals surface area contributed by atoms with Gasteiger partial charge >= 0.3 is 0 Å². The van der Waals surface area contributed by atoms with Crippen LogP contribution in [0.25, 0.3) is 0 Å². The van der Waals surface area contributed by atoms with Crippen LogP contribution in [0.1, 0.15) is 15.2 Å². The van der Waals surface area contributed by atoms with Gasteiger partial charge in [-0.15, -0.1) is 11.3 Å². The molecule has 2 rings (SSSR count). The second kappa shape index (κ2) is 5.64. The van der Waals surface area contributed by atoms with E-state index in [1.54, 1.807) is 37.3 Å². The Morgan fingerprint density at radius 2 is 2.00 bits per heavy atom. The number of aryl methyl sites for hydroxylation is 1. The minimum absolute atomic E-state index is 0.214. The molecule has 1 amide bonds. The summed E-state index contributed by atoms with van der Waals surface area (Å²) in [6, 6.07) is 8.60. The van der Waals surface area contributed by atoms with Gasteiger partial charge in [0.15, 0.2) is 0 Å². The number of nitrogens with one attached hydrogen (secondary N) is 2. The lowest BCUT2D eigenvalue weighted by Crippen LogP contribution is -2.13. The lowest BCUT2D eigenvalue weighted by atomic mass is 10.2. The van der Waals surface area contributed by atoms with Gasteiger partial charge in [0, 0.05) is 5.69 Å². The summed E-state index contributed by atoms with van der Waals surface area (Å²) in [4.78, 5) is 12.5. The zero-order chi connectivity index (χ0) is 14.8. The fourth-order valence-corrected chi connectivity index (χ4v) is 2.85. The molecule has 1 aromatic heterocycles. The highest BCUT2D eigenvalue weighted by atomic mass is 32.2. The van der Waals surface area contributed by atoms with Crippen LogP contribution in [0, 0.1) is 6.92 Å². The Labute approximate surface area is 121 Å². The predicted octanol–water partition coefficient (Wildman–Crippen LogP) is 2.68. The molecule has 106 valence electrons. The number of anilines is 2. The summed E-state index contributed by atoms with van der Waals surface area (Å²) in [6.07, 6.45) is 1.09. The van der Waals surface area contributed by atoms with Crippen LogP contribution in [0.2, 0.25) is 0 Å². The van der Waals surface area contributed by atoms with Crippen molar-refractivity contribution in [3.05, 3.63) is 46.2 Å². The van der Waals surface area contributed by atoms with Crippen molar-refractivity contribution in [3.63, 3.8) is 0 Å². The molecule has 0 saturated carbocycles. The zero-order valence-electron chi connectivity index (χ0n) is 11.0. The van der Waals surface area contributed by atoms with Gasteiger partial charge in [-0.2, -0.15) is 0 Å². The van der Waals surface area contributed by atoms with Gasteiger partial charge in [-0.3, -0.25) is 9.52 Å². The van der Waals surface area contributed by atoms with Gasteiger partial charge in [-0.05, 0) is 36.1 Å². The Bertz CT molecular complexity index is 722. The second-order valence-corrected chi connectivity index (χ2v) is 7.03. The van der Waals surface area contributed by atoms with Crippen LogP contribution in [0.4, 0.5) is 11.4 Å². The van der Waals surface area contributed by atoms with Crippen LogP contribution < -0.4 is 10.0 Å². The average Bonchev–Trinajstić information content (AvgIpc) is 2.85. The van der Waals surface area contributed by atoms with Crippen molar-refractivity contribution in [1.29, 1.82) is 0 Å². The van der Waals surface area contributed by atoms with Crippen LogP contribution in [0.15, 0.2) is 35.7 Å². The van der Waals surface area contributed by atoms with Crippen LogP contribution in [-0.4, -0.2) is 20.6 Å². The van der Waals surface area contributed by atoms with Crippen LogP contribution in [0.5, 0.6) is 0 Å². The number of thiophene rings is 1. The molecule has 0 saturated heterocycles. The second-order valence-electron chi connectivity index (χ2n) is 4.34. The highest BCUT2D eigenvalue weighted by molar-refractivity contribution is 7.92. The van der Waals surface area contributed by atoms with Crippen molar-refractivity contribution >= 4 is 38.6 Å². The van der Waals surface area contributed by atoms with Crippen molar-refractivity contribution in [2.75, 3.05) is 16.3 Å². The van der Waals surface area contributed by atoms with Gasteiger partial charge < -0.3 is 5.32 Å². The number of rotatable bonds is 4. The maximum atomic E-state index is 11.9. The topological polar surface area (TPSA) is 75.3 Å². The fourth-order valence-electron chi connectivity index (χ4n) is 1.61. The number of sulfonamides is 1. The van der Waals surface area contributed by atoms with Gasteiger partial charge in [0.25, 0.3) is 5.91 Å². The molecule has 1 heterocycles. The third-order valence-corrected chi connectivity index (χ3v) is 4.00. The van der Waals surface area contributed by atoms with E-state index in [1.807, 2.05) is 5.38 Å². The quantitative estimate of drug-likeness (QED) is 0.911. The fraction of sp³-hybridized carbons (Fsp3) is 0.154. The summed E-state index contributed by atoms with van der Waals surface area (Å²) in [7, 11) is -3.35. The standard InChI is InChI=1S/C13H14N2O3S2/c1-9-5-6-10(8-11(9)15-20(2,17)18)14-13(16)12-4-3-7-19-12/h3-8,15H,1-2H3,(H,14,16). The van der Waals surface area contributed by atoms with Crippen LogP contribution in [0.3, 0.4) is 0 Å². The molecule has 1 aromatic carbocycles. The number of hydrogen-bond donors (Lipinski definition) is 2. The molecule has 0 radical (unpaired) electrons. The van der Waals surface area contributed by atoms with Crippen molar-refractivity contribution in [3.8, 4) is 0 Å². The van der Waals surface area contributed by atoms with Crippen molar-refractivity contribution < 1.29 is 13.2 Å². The van der Waals surface area contributed by atoms with Gasteiger partial charge in [0.1, 0.15) is 0 Å². The molecule has 0 fully saturated rings. The van der Waals surface area contributed by atoms with Crippen LogP contribution >= 0.6 is 11.3 Å². The van der Waals surface area contributed by atoms with E-state index >= 15 is 0 Å². The molecular weight excluding hydrogens is 296 g/mol. The highest BCUT2D eigenvalue weighted by Gasteiger charge is 2.09. The number of carbonyl (C=O) groups is 1. The van der Waals surface area contributed by atoms with E-state index in [-0.39, 0.29) is 5.91 Å². The lowest BCUT2D eigenvalue weighted by Gasteiger charge is -2.10. The summed E-state index contributed by atoms with van der Waals surface area (Å²) in [5.41, 5.74) is 1.78. The van der Waals surface area contributed by atoms with E-state index in [1.165, 1.54) is 11.3 Å². The van der Waals surface area contributed by atoms with E-state index in [0.717, 1.165) is 11.8 Å². The monoisotopic (exact) mass is 310 g/mol. The van der Waals surface area contributed by atoms with Gasteiger partial charge in [0.2, 0.25) is 10.0 Å². The predicted molar refractivity (Wildman–Crippen MR) is 81.9 cm³/mol. The minimum atomic E-state index is -3.35. The molecule has 0 aliphatic rings. The van der Waals surface area contributed by atoms with E-state index in [9.17, 15) is 13.2 Å². The van der Waals surface area contributed by atoms with E-state index in [0.29, 0.717) is 16.3 Å². The molecular formula is C13H14N2O3S2. The third-order valence-electron chi connectivity index (χ3n) is 2.54. The lowest BCUT2D eigenvalue weighted by molar-refractivity contribution is 0.103. The molecule has 0 aliphatic carbocycles. The molecule has 0 unspecified atom stereocenters. The minimum Gasteiger partial charge on any atom is -0.321 e. The van der Waals surface area contributed by atoms with E-state index < -0.39 is 10.0 Å². The first-order chi connectivity index (χ1) is 9.35. The number of benzene rings is 1. The molecule has 0 aliphatic heterocycles.